The first kappa shape index (κ1) is 16.6. The molecule has 0 amide bonds. The Hall–Kier alpha value is -2.80. The van der Waals surface area contributed by atoms with E-state index in [1.807, 2.05) is 13.0 Å². The van der Waals surface area contributed by atoms with Gasteiger partial charge in [0.15, 0.2) is 6.61 Å². The normalized spacial score (nSPS) is 10.7. The van der Waals surface area contributed by atoms with Gasteiger partial charge in [-0.2, -0.15) is 0 Å². The minimum atomic E-state index is -0.732. The molecule has 1 aromatic carbocycles. The molecule has 118 valence electrons. The van der Waals surface area contributed by atoms with Crippen molar-refractivity contribution in [3.8, 4) is 0 Å². The molecule has 2 aromatic rings. The number of hydrogen-bond donors (Lipinski definition) is 0. The Morgan fingerprint density at radius 3 is 2.65 bits per heavy atom. The summed E-state index contributed by atoms with van der Waals surface area (Å²) in [6.45, 7) is 1.52. The van der Waals surface area contributed by atoms with E-state index in [0.717, 1.165) is 11.0 Å². The summed E-state index contributed by atoms with van der Waals surface area (Å²) in [6, 6.07) is 9.51. The van der Waals surface area contributed by atoms with Gasteiger partial charge in [0.25, 0.3) is 5.69 Å². The zero-order valence-corrected chi connectivity index (χ0v) is 13.0. The summed E-state index contributed by atoms with van der Waals surface area (Å²) >= 11 is 1.33. The van der Waals surface area contributed by atoms with Crippen molar-refractivity contribution in [3.63, 3.8) is 0 Å². The molecule has 0 bridgehead atoms. The highest BCUT2D eigenvalue weighted by molar-refractivity contribution is 7.14. The number of nitro groups is 1. The van der Waals surface area contributed by atoms with Crippen molar-refractivity contribution < 1.29 is 19.2 Å². The van der Waals surface area contributed by atoms with E-state index in [1.165, 1.54) is 35.6 Å². The van der Waals surface area contributed by atoms with Crippen LogP contribution in [0.25, 0.3) is 6.08 Å². The number of ether oxygens (including phenoxy) is 1. The Balaban J connectivity index is 1.95. The van der Waals surface area contributed by atoms with Crippen LogP contribution in [0, 0.1) is 17.0 Å². The molecule has 0 unspecified atom stereocenters. The zero-order chi connectivity index (χ0) is 16.8. The molecule has 0 spiro atoms. The molecule has 0 saturated carbocycles. The van der Waals surface area contributed by atoms with Crippen LogP contribution in [0.2, 0.25) is 0 Å². The second kappa shape index (κ2) is 7.46. The maximum Gasteiger partial charge on any atom is 0.331 e. The Morgan fingerprint density at radius 1 is 1.26 bits per heavy atom. The smallest absolute Gasteiger partial charge is 0.331 e. The minimum absolute atomic E-state index is 0.110. The monoisotopic (exact) mass is 331 g/mol. The van der Waals surface area contributed by atoms with Gasteiger partial charge in [-0.15, -0.1) is 11.3 Å². The van der Waals surface area contributed by atoms with E-state index in [1.54, 1.807) is 12.1 Å². The van der Waals surface area contributed by atoms with Gasteiger partial charge in [-0.05, 0) is 31.2 Å². The standard InChI is InChI=1S/C16H13NO5S/c1-11-6-8-15(23-11)14(18)10-22-16(19)9-7-12-4-2-3-5-13(12)17(20)21/h2-9H,10H2,1H3/b9-7+. The average Bonchev–Trinajstić information content (AvgIpc) is 2.97. The number of rotatable bonds is 6. The van der Waals surface area contributed by atoms with Crippen molar-refractivity contribution in [1.29, 1.82) is 0 Å². The molecule has 0 aliphatic rings. The third-order valence-electron chi connectivity index (χ3n) is 2.89. The zero-order valence-electron chi connectivity index (χ0n) is 12.2. The first-order valence-electron chi connectivity index (χ1n) is 6.65. The highest BCUT2D eigenvalue weighted by atomic mass is 32.1. The van der Waals surface area contributed by atoms with Gasteiger partial charge in [0.1, 0.15) is 0 Å². The Labute approximate surface area is 136 Å². The molecule has 0 atom stereocenters. The Kier molecular flexibility index (Phi) is 5.37. The number of para-hydroxylation sites is 1. The molecule has 0 fully saturated rings. The van der Waals surface area contributed by atoms with Gasteiger partial charge in [-0.25, -0.2) is 4.79 Å². The second-order valence-corrected chi connectivity index (χ2v) is 5.88. The van der Waals surface area contributed by atoms with Crippen LogP contribution in [-0.4, -0.2) is 23.3 Å². The molecule has 0 aliphatic heterocycles. The summed E-state index contributed by atoms with van der Waals surface area (Å²) < 4.78 is 4.85. The molecule has 7 heteroatoms. The number of carbonyl (C=O) groups is 2. The molecular formula is C16H13NO5S. The van der Waals surface area contributed by atoms with Crippen molar-refractivity contribution in [2.45, 2.75) is 6.92 Å². The van der Waals surface area contributed by atoms with E-state index in [-0.39, 0.29) is 23.6 Å². The number of nitro benzene ring substituents is 1. The van der Waals surface area contributed by atoms with Gasteiger partial charge in [-0.1, -0.05) is 12.1 Å². The molecular weight excluding hydrogens is 318 g/mol. The fourth-order valence-electron chi connectivity index (χ4n) is 1.79. The number of Topliss-reactive ketones (excluding diaryl/α,β-unsaturated/α-hetero) is 1. The van der Waals surface area contributed by atoms with Crippen molar-refractivity contribution >= 4 is 34.9 Å². The number of carbonyl (C=O) groups excluding carboxylic acids is 2. The third kappa shape index (κ3) is 4.58. The number of hydrogen-bond acceptors (Lipinski definition) is 6. The van der Waals surface area contributed by atoms with Crippen LogP contribution < -0.4 is 0 Å². The molecule has 6 nitrogen and oxygen atoms in total. The second-order valence-electron chi connectivity index (χ2n) is 4.59. The fraction of sp³-hybridized carbons (Fsp3) is 0.125. The predicted molar refractivity (Wildman–Crippen MR) is 86.5 cm³/mol. The van der Waals surface area contributed by atoms with Gasteiger partial charge < -0.3 is 4.74 Å². The van der Waals surface area contributed by atoms with Gasteiger partial charge in [0.2, 0.25) is 5.78 Å². The quantitative estimate of drug-likeness (QED) is 0.266. The van der Waals surface area contributed by atoms with Crippen molar-refractivity contribution in [1.82, 2.24) is 0 Å². The lowest BCUT2D eigenvalue weighted by atomic mass is 10.1. The number of thiophene rings is 1. The molecule has 0 aliphatic carbocycles. The summed E-state index contributed by atoms with van der Waals surface area (Å²) in [4.78, 5) is 35.3. The molecule has 0 N–H and O–H groups in total. The van der Waals surface area contributed by atoms with Gasteiger partial charge in [0.05, 0.1) is 15.4 Å². The molecule has 2 rings (SSSR count). The van der Waals surface area contributed by atoms with Crippen LogP contribution >= 0.6 is 11.3 Å². The van der Waals surface area contributed by atoms with Crippen LogP contribution in [0.4, 0.5) is 5.69 Å². The lowest BCUT2D eigenvalue weighted by Gasteiger charge is -2.00. The summed E-state index contributed by atoms with van der Waals surface area (Å²) in [5.74, 6) is -1.01. The highest BCUT2D eigenvalue weighted by Crippen LogP contribution is 2.19. The lowest BCUT2D eigenvalue weighted by molar-refractivity contribution is -0.385. The van der Waals surface area contributed by atoms with E-state index in [4.69, 9.17) is 4.74 Å². The number of benzene rings is 1. The van der Waals surface area contributed by atoms with Crippen LogP contribution in [0.1, 0.15) is 20.1 Å². The Morgan fingerprint density at radius 2 is 2.00 bits per heavy atom. The number of ketones is 1. The summed E-state index contributed by atoms with van der Waals surface area (Å²) in [5, 5.41) is 10.9. The molecule has 23 heavy (non-hydrogen) atoms. The lowest BCUT2D eigenvalue weighted by Crippen LogP contribution is -2.11. The van der Waals surface area contributed by atoms with Crippen LogP contribution in [0.5, 0.6) is 0 Å². The minimum Gasteiger partial charge on any atom is -0.454 e. The van der Waals surface area contributed by atoms with E-state index in [0.29, 0.717) is 4.88 Å². The predicted octanol–water partition coefficient (Wildman–Crippen LogP) is 3.40. The highest BCUT2D eigenvalue weighted by Gasteiger charge is 2.12. The van der Waals surface area contributed by atoms with Gasteiger partial charge >= 0.3 is 5.97 Å². The number of nitrogens with zero attached hydrogens (tertiary/aromatic N) is 1. The van der Waals surface area contributed by atoms with Crippen molar-refractivity contribution in [2.24, 2.45) is 0 Å². The molecule has 1 heterocycles. The molecule has 0 radical (unpaired) electrons. The molecule has 0 saturated heterocycles. The van der Waals surface area contributed by atoms with E-state index in [9.17, 15) is 19.7 Å². The fourth-order valence-corrected chi connectivity index (χ4v) is 2.58. The molecule has 1 aromatic heterocycles. The summed E-state index contributed by atoms with van der Waals surface area (Å²) in [7, 11) is 0. The summed E-state index contributed by atoms with van der Waals surface area (Å²) in [5.41, 5.74) is 0.177. The van der Waals surface area contributed by atoms with Crippen LogP contribution in [0.3, 0.4) is 0 Å². The van der Waals surface area contributed by atoms with E-state index < -0.39 is 10.9 Å². The maximum absolute atomic E-state index is 11.8. The number of aryl methyl sites for hydroxylation is 1. The Bertz CT molecular complexity index is 778. The largest absolute Gasteiger partial charge is 0.454 e. The summed E-state index contributed by atoms with van der Waals surface area (Å²) in [6.07, 6.45) is 2.36. The van der Waals surface area contributed by atoms with E-state index in [2.05, 4.69) is 0 Å². The third-order valence-corrected chi connectivity index (χ3v) is 3.93. The van der Waals surface area contributed by atoms with Gasteiger partial charge in [0, 0.05) is 17.0 Å². The first-order chi connectivity index (χ1) is 11.0. The first-order valence-corrected chi connectivity index (χ1v) is 7.47. The average molecular weight is 331 g/mol. The number of esters is 1. The van der Waals surface area contributed by atoms with Crippen LogP contribution in [-0.2, 0) is 9.53 Å². The van der Waals surface area contributed by atoms with Crippen molar-refractivity contribution in [3.05, 3.63) is 67.9 Å². The topological polar surface area (TPSA) is 86.5 Å². The maximum atomic E-state index is 11.8. The van der Waals surface area contributed by atoms with Crippen LogP contribution in [0.15, 0.2) is 42.5 Å². The van der Waals surface area contributed by atoms with E-state index >= 15 is 0 Å². The van der Waals surface area contributed by atoms with Crippen molar-refractivity contribution in [2.75, 3.05) is 6.61 Å². The van der Waals surface area contributed by atoms with Gasteiger partial charge in [-0.3, -0.25) is 14.9 Å². The SMILES string of the molecule is Cc1ccc(C(=O)COC(=O)/C=C/c2ccccc2[N+](=O)[O-])s1.